The number of nitrogens with zero attached hydrogens (tertiary/aromatic N) is 1. The Hall–Kier alpha value is -0.860. The first kappa shape index (κ1) is 13.6. The minimum atomic E-state index is -3.37. The second-order valence-corrected chi connectivity index (χ2v) is 7.21. The van der Waals surface area contributed by atoms with Crippen molar-refractivity contribution in [1.29, 1.82) is 0 Å². The Morgan fingerprint density at radius 2 is 2.33 bits per heavy atom. The lowest BCUT2D eigenvalue weighted by Gasteiger charge is -2.20. The van der Waals surface area contributed by atoms with Gasteiger partial charge in [0.15, 0.2) is 15.7 Å². The molecule has 1 aromatic heterocycles. The van der Waals surface area contributed by atoms with Crippen molar-refractivity contribution in [3.63, 3.8) is 0 Å². The maximum Gasteiger partial charge on any atom is 0.182 e. The van der Waals surface area contributed by atoms with Crippen LogP contribution in [0.2, 0.25) is 0 Å². The number of anilines is 2. The second-order valence-electron chi connectivity index (χ2n) is 4.48. The molecular weight excluding hydrogens is 274 g/mol. The van der Waals surface area contributed by atoms with Crippen LogP contribution in [-0.4, -0.2) is 37.8 Å². The fourth-order valence-electron chi connectivity index (χ4n) is 2.04. The van der Waals surface area contributed by atoms with Crippen LogP contribution in [0.15, 0.2) is 4.90 Å². The van der Waals surface area contributed by atoms with Gasteiger partial charge >= 0.3 is 0 Å². The lowest BCUT2D eigenvalue weighted by Crippen LogP contribution is -2.30. The zero-order chi connectivity index (χ0) is 13.3. The second kappa shape index (κ2) is 5.02. The summed E-state index contributed by atoms with van der Waals surface area (Å²) in [5.41, 5.74) is 5.61. The lowest BCUT2D eigenvalue weighted by atomic mass is 10.1. The molecule has 0 spiro atoms. The number of aromatic nitrogens is 1. The molecule has 1 aliphatic rings. The summed E-state index contributed by atoms with van der Waals surface area (Å²) in [4.78, 5) is 0.0948. The van der Waals surface area contributed by atoms with Crippen molar-refractivity contribution in [3.8, 4) is 0 Å². The smallest absolute Gasteiger partial charge is 0.182 e. The first-order valence-corrected chi connectivity index (χ1v) is 8.39. The van der Waals surface area contributed by atoms with E-state index in [1.807, 2.05) is 6.92 Å². The summed E-state index contributed by atoms with van der Waals surface area (Å²) >= 11 is 1.07. The number of nitrogen functional groups attached to an aromatic ring is 1. The van der Waals surface area contributed by atoms with Crippen LogP contribution >= 0.6 is 11.5 Å². The molecule has 1 fully saturated rings. The molecule has 2 rings (SSSR count). The zero-order valence-electron chi connectivity index (χ0n) is 10.3. The van der Waals surface area contributed by atoms with Gasteiger partial charge in [0, 0.05) is 12.9 Å². The van der Waals surface area contributed by atoms with Gasteiger partial charge in [0.2, 0.25) is 0 Å². The van der Waals surface area contributed by atoms with E-state index >= 15 is 0 Å². The van der Waals surface area contributed by atoms with Crippen molar-refractivity contribution >= 4 is 32.2 Å². The number of nitrogens with two attached hydrogens (primary N) is 1. The number of ether oxygens (including phenoxy) is 1. The molecule has 3 N–H and O–H groups in total. The SMILES string of the molecule is CC(Nc1snc(N)c1S(C)(=O)=O)C1CCCO1. The average Bonchev–Trinajstić information content (AvgIpc) is 2.86. The number of sulfone groups is 1. The van der Waals surface area contributed by atoms with E-state index in [0.29, 0.717) is 5.00 Å². The molecule has 0 radical (unpaired) electrons. The third-order valence-corrected chi connectivity index (χ3v) is 5.00. The van der Waals surface area contributed by atoms with Crippen molar-refractivity contribution in [2.75, 3.05) is 23.9 Å². The lowest BCUT2D eigenvalue weighted by molar-refractivity contribution is 0.0997. The Morgan fingerprint density at radius 3 is 2.89 bits per heavy atom. The highest BCUT2D eigenvalue weighted by Crippen LogP contribution is 2.32. The first-order valence-electron chi connectivity index (χ1n) is 5.73. The average molecular weight is 291 g/mol. The Morgan fingerprint density at radius 1 is 1.61 bits per heavy atom. The Balaban J connectivity index is 2.19. The standard InChI is InChI=1S/C10H17N3O3S2/c1-6(7-4-3-5-16-7)12-10-8(18(2,14)15)9(11)13-17-10/h6-7,12H,3-5H2,1-2H3,(H2,11,13). The van der Waals surface area contributed by atoms with Crippen LogP contribution in [0.25, 0.3) is 0 Å². The van der Waals surface area contributed by atoms with Gasteiger partial charge in [-0.1, -0.05) is 0 Å². The van der Waals surface area contributed by atoms with Crippen molar-refractivity contribution < 1.29 is 13.2 Å². The number of nitrogens with one attached hydrogen (secondary N) is 1. The highest BCUT2D eigenvalue weighted by molar-refractivity contribution is 7.91. The maximum atomic E-state index is 11.7. The molecular formula is C10H17N3O3S2. The van der Waals surface area contributed by atoms with Gasteiger partial charge in [-0.25, -0.2) is 8.42 Å². The predicted octanol–water partition coefficient (Wildman–Crippen LogP) is 1.11. The number of hydrogen-bond acceptors (Lipinski definition) is 7. The third kappa shape index (κ3) is 2.76. The molecule has 2 atom stereocenters. The molecule has 1 aliphatic heterocycles. The van der Waals surface area contributed by atoms with Crippen LogP contribution in [-0.2, 0) is 14.6 Å². The summed E-state index contributed by atoms with van der Waals surface area (Å²) in [5, 5.41) is 3.65. The van der Waals surface area contributed by atoms with E-state index in [1.165, 1.54) is 0 Å². The molecule has 1 aromatic rings. The molecule has 2 unspecified atom stereocenters. The first-order chi connectivity index (χ1) is 8.39. The van der Waals surface area contributed by atoms with E-state index < -0.39 is 9.84 Å². The van der Waals surface area contributed by atoms with E-state index in [1.54, 1.807) is 0 Å². The summed E-state index contributed by atoms with van der Waals surface area (Å²) in [5.74, 6) is 0.0598. The fourth-order valence-corrected chi connectivity index (χ4v) is 4.19. The molecule has 8 heteroatoms. The maximum absolute atomic E-state index is 11.7. The summed E-state index contributed by atoms with van der Waals surface area (Å²) in [6.45, 7) is 2.73. The Kier molecular flexibility index (Phi) is 3.79. The number of rotatable bonds is 4. The van der Waals surface area contributed by atoms with Crippen LogP contribution < -0.4 is 11.1 Å². The molecule has 2 heterocycles. The highest BCUT2D eigenvalue weighted by atomic mass is 32.2. The van der Waals surface area contributed by atoms with Gasteiger partial charge in [0.05, 0.1) is 12.1 Å². The quantitative estimate of drug-likeness (QED) is 0.863. The molecule has 0 bridgehead atoms. The van der Waals surface area contributed by atoms with E-state index in [0.717, 1.165) is 37.2 Å². The van der Waals surface area contributed by atoms with Gasteiger partial charge in [-0.05, 0) is 31.3 Å². The normalized spacial score (nSPS) is 22.0. The van der Waals surface area contributed by atoms with Crippen LogP contribution in [0.1, 0.15) is 19.8 Å². The molecule has 6 nitrogen and oxygen atoms in total. The van der Waals surface area contributed by atoms with Gasteiger partial charge in [0.1, 0.15) is 9.90 Å². The van der Waals surface area contributed by atoms with E-state index in [4.69, 9.17) is 10.5 Å². The molecule has 0 aromatic carbocycles. The van der Waals surface area contributed by atoms with Crippen LogP contribution in [0.4, 0.5) is 10.8 Å². The van der Waals surface area contributed by atoms with Crippen LogP contribution in [0.5, 0.6) is 0 Å². The van der Waals surface area contributed by atoms with Gasteiger partial charge in [-0.3, -0.25) is 0 Å². The zero-order valence-corrected chi connectivity index (χ0v) is 12.0. The van der Waals surface area contributed by atoms with Crippen molar-refractivity contribution in [2.45, 2.75) is 36.8 Å². The molecule has 18 heavy (non-hydrogen) atoms. The Labute approximate surface area is 111 Å². The fraction of sp³-hybridized carbons (Fsp3) is 0.700. The summed E-state index contributed by atoms with van der Waals surface area (Å²) in [6.07, 6.45) is 3.27. The van der Waals surface area contributed by atoms with E-state index in [2.05, 4.69) is 9.69 Å². The third-order valence-electron chi connectivity index (χ3n) is 2.93. The van der Waals surface area contributed by atoms with Crippen molar-refractivity contribution in [1.82, 2.24) is 4.37 Å². The van der Waals surface area contributed by atoms with Crippen molar-refractivity contribution in [3.05, 3.63) is 0 Å². The molecule has 0 aliphatic carbocycles. The molecule has 1 saturated heterocycles. The van der Waals surface area contributed by atoms with E-state index in [9.17, 15) is 8.42 Å². The van der Waals surface area contributed by atoms with Crippen LogP contribution in [0.3, 0.4) is 0 Å². The minimum Gasteiger partial charge on any atom is -0.382 e. The number of hydrogen-bond donors (Lipinski definition) is 2. The van der Waals surface area contributed by atoms with Crippen molar-refractivity contribution in [2.24, 2.45) is 0 Å². The largest absolute Gasteiger partial charge is 0.382 e. The summed E-state index contributed by atoms with van der Waals surface area (Å²) in [6, 6.07) is 0.0350. The minimum absolute atomic E-state index is 0.0350. The molecule has 102 valence electrons. The van der Waals surface area contributed by atoms with Gasteiger partial charge < -0.3 is 15.8 Å². The molecule has 0 amide bonds. The van der Waals surface area contributed by atoms with Gasteiger partial charge in [-0.2, -0.15) is 4.37 Å². The summed E-state index contributed by atoms with van der Waals surface area (Å²) in [7, 11) is -3.37. The monoisotopic (exact) mass is 291 g/mol. The predicted molar refractivity (Wildman–Crippen MR) is 71.7 cm³/mol. The van der Waals surface area contributed by atoms with Gasteiger partial charge in [0.25, 0.3) is 0 Å². The Bertz CT molecular complexity index is 520. The van der Waals surface area contributed by atoms with Crippen LogP contribution in [0, 0.1) is 0 Å². The van der Waals surface area contributed by atoms with E-state index in [-0.39, 0.29) is 22.9 Å². The molecule has 0 saturated carbocycles. The van der Waals surface area contributed by atoms with Gasteiger partial charge in [-0.15, -0.1) is 0 Å². The topological polar surface area (TPSA) is 94.3 Å². The summed E-state index contributed by atoms with van der Waals surface area (Å²) < 4.78 is 32.8. The highest BCUT2D eigenvalue weighted by Gasteiger charge is 2.26.